The van der Waals surface area contributed by atoms with E-state index in [0.29, 0.717) is 0 Å². The van der Waals surface area contributed by atoms with Gasteiger partial charge in [0, 0.05) is 0 Å². The molecule has 2 heteroatoms. The van der Waals surface area contributed by atoms with Crippen LogP contribution in [0.1, 0.15) is 31.4 Å². The molecule has 0 saturated heterocycles. The van der Waals surface area contributed by atoms with E-state index < -0.39 is 5.60 Å². The van der Waals surface area contributed by atoms with Gasteiger partial charge in [0.1, 0.15) is 11.4 Å². The third kappa shape index (κ3) is 2.32. The summed E-state index contributed by atoms with van der Waals surface area (Å²) in [7, 11) is 0. The van der Waals surface area contributed by atoms with Gasteiger partial charge in [-0.2, -0.15) is 0 Å². The van der Waals surface area contributed by atoms with Crippen molar-refractivity contribution >= 4 is 0 Å². The van der Waals surface area contributed by atoms with Gasteiger partial charge in [-0.25, -0.2) is 0 Å². The van der Waals surface area contributed by atoms with Gasteiger partial charge in [0.25, 0.3) is 0 Å². The van der Waals surface area contributed by atoms with E-state index in [1.165, 1.54) is 24.0 Å². The molecule has 0 radical (unpaired) electrons. The molecule has 0 amide bonds. The first-order valence-electron chi connectivity index (χ1n) is 5.52. The summed E-state index contributed by atoms with van der Waals surface area (Å²) in [6.45, 7) is 3.81. The fraction of sp³-hybridized carbons (Fsp3) is 0.538. The summed E-state index contributed by atoms with van der Waals surface area (Å²) >= 11 is 0. The molecule has 1 aliphatic rings. The van der Waals surface area contributed by atoms with Crippen LogP contribution in [0.25, 0.3) is 0 Å². The minimum atomic E-state index is -0.493. The van der Waals surface area contributed by atoms with Crippen molar-refractivity contribution in [2.45, 2.75) is 38.7 Å². The van der Waals surface area contributed by atoms with Crippen molar-refractivity contribution < 1.29 is 9.84 Å². The van der Waals surface area contributed by atoms with E-state index in [9.17, 15) is 0 Å². The summed E-state index contributed by atoms with van der Waals surface area (Å²) in [5, 5.41) is 9.12. The number of benzene rings is 1. The second-order valence-electron chi connectivity index (χ2n) is 4.80. The third-order valence-electron chi connectivity index (χ3n) is 2.84. The molecule has 1 aromatic carbocycles. The van der Waals surface area contributed by atoms with Crippen LogP contribution in [0, 0.1) is 0 Å². The molecular formula is C13H18O2. The van der Waals surface area contributed by atoms with Gasteiger partial charge in [-0.1, -0.05) is 6.07 Å². The molecule has 1 N–H and O–H groups in total. The molecule has 0 bridgehead atoms. The molecule has 1 aliphatic carbocycles. The topological polar surface area (TPSA) is 29.5 Å². The monoisotopic (exact) mass is 206 g/mol. The molecule has 0 unspecified atom stereocenters. The van der Waals surface area contributed by atoms with Crippen LogP contribution in [0.4, 0.5) is 0 Å². The fourth-order valence-electron chi connectivity index (χ4n) is 1.96. The van der Waals surface area contributed by atoms with Crippen molar-refractivity contribution in [2.75, 3.05) is 6.61 Å². The highest BCUT2D eigenvalue weighted by Crippen LogP contribution is 2.27. The van der Waals surface area contributed by atoms with Crippen LogP contribution in [-0.4, -0.2) is 17.3 Å². The first kappa shape index (κ1) is 10.5. The number of fused-ring (bicyclic) bond motifs is 1. The Labute approximate surface area is 90.9 Å². The fourth-order valence-corrected chi connectivity index (χ4v) is 1.96. The second-order valence-corrected chi connectivity index (χ2v) is 4.80. The third-order valence-corrected chi connectivity index (χ3v) is 2.84. The molecule has 0 fully saturated rings. The van der Waals surface area contributed by atoms with Gasteiger partial charge < -0.3 is 9.84 Å². The van der Waals surface area contributed by atoms with Crippen LogP contribution in [0.5, 0.6) is 5.75 Å². The highest BCUT2D eigenvalue weighted by atomic mass is 16.5. The highest BCUT2D eigenvalue weighted by molar-refractivity contribution is 5.38. The Kier molecular flexibility index (Phi) is 2.70. The zero-order valence-corrected chi connectivity index (χ0v) is 9.42. The predicted molar refractivity (Wildman–Crippen MR) is 60.3 cm³/mol. The van der Waals surface area contributed by atoms with Crippen molar-refractivity contribution in [2.24, 2.45) is 0 Å². The Balaban J connectivity index is 2.17. The molecule has 0 spiro atoms. The van der Waals surface area contributed by atoms with E-state index in [0.717, 1.165) is 12.2 Å². The lowest BCUT2D eigenvalue weighted by molar-refractivity contribution is 0.0412. The summed E-state index contributed by atoms with van der Waals surface area (Å²) in [4.78, 5) is 0. The average molecular weight is 206 g/mol. The lowest BCUT2D eigenvalue weighted by Crippen LogP contribution is -2.32. The lowest BCUT2D eigenvalue weighted by Gasteiger charge is -2.24. The Morgan fingerprint density at radius 3 is 2.73 bits per heavy atom. The Hall–Kier alpha value is -1.02. The normalized spacial score (nSPS) is 15.1. The van der Waals surface area contributed by atoms with Crippen LogP contribution >= 0.6 is 0 Å². The van der Waals surface area contributed by atoms with E-state index >= 15 is 0 Å². The quantitative estimate of drug-likeness (QED) is 0.822. The van der Waals surface area contributed by atoms with Crippen LogP contribution in [-0.2, 0) is 12.8 Å². The van der Waals surface area contributed by atoms with Crippen molar-refractivity contribution in [3.05, 3.63) is 29.3 Å². The van der Waals surface area contributed by atoms with Crippen molar-refractivity contribution in [3.63, 3.8) is 0 Å². The summed E-state index contributed by atoms with van der Waals surface area (Å²) in [6, 6.07) is 6.26. The largest absolute Gasteiger partial charge is 0.485 e. The molecule has 2 rings (SSSR count). The Morgan fingerprint density at radius 2 is 2.00 bits per heavy atom. The van der Waals surface area contributed by atoms with E-state index in [1.54, 1.807) is 0 Å². The van der Waals surface area contributed by atoms with Crippen LogP contribution in [0.2, 0.25) is 0 Å². The van der Waals surface area contributed by atoms with Gasteiger partial charge in [-0.05, 0) is 56.4 Å². The molecule has 0 aromatic heterocycles. The predicted octanol–water partition coefficient (Wildman–Crippen LogP) is 2.33. The molecule has 0 heterocycles. The summed E-state index contributed by atoms with van der Waals surface area (Å²) < 4.78 is 5.73. The summed E-state index contributed by atoms with van der Waals surface area (Å²) in [5.74, 6) is 0.870. The first-order chi connectivity index (χ1) is 7.11. The minimum absolute atomic E-state index is 0.0318. The van der Waals surface area contributed by atoms with Gasteiger partial charge in [0.15, 0.2) is 0 Å². The van der Waals surface area contributed by atoms with E-state index in [4.69, 9.17) is 9.84 Å². The van der Waals surface area contributed by atoms with Crippen LogP contribution in [0.15, 0.2) is 18.2 Å². The summed E-state index contributed by atoms with van der Waals surface area (Å²) in [5.41, 5.74) is 2.36. The Morgan fingerprint density at radius 1 is 1.27 bits per heavy atom. The molecule has 0 aliphatic heterocycles. The highest BCUT2D eigenvalue weighted by Gasteiger charge is 2.19. The molecular weight excluding hydrogens is 188 g/mol. The van der Waals surface area contributed by atoms with E-state index in [2.05, 4.69) is 12.1 Å². The number of hydrogen-bond donors (Lipinski definition) is 1. The van der Waals surface area contributed by atoms with Crippen LogP contribution in [0.3, 0.4) is 0 Å². The summed E-state index contributed by atoms with van der Waals surface area (Å²) in [6.07, 6.45) is 3.60. The number of aliphatic hydroxyl groups excluding tert-OH is 1. The lowest BCUT2D eigenvalue weighted by atomic mass is 10.1. The van der Waals surface area contributed by atoms with Crippen LogP contribution < -0.4 is 4.74 Å². The molecule has 82 valence electrons. The number of hydrogen-bond acceptors (Lipinski definition) is 2. The smallest absolute Gasteiger partial charge is 0.126 e. The van der Waals surface area contributed by atoms with Gasteiger partial charge in [0.2, 0.25) is 0 Å². The van der Waals surface area contributed by atoms with E-state index in [-0.39, 0.29) is 6.61 Å². The van der Waals surface area contributed by atoms with Gasteiger partial charge in [0.05, 0.1) is 6.61 Å². The van der Waals surface area contributed by atoms with Gasteiger partial charge >= 0.3 is 0 Å². The zero-order chi connectivity index (χ0) is 10.9. The molecule has 15 heavy (non-hydrogen) atoms. The number of ether oxygens (including phenoxy) is 1. The SMILES string of the molecule is CC(C)(CO)Oc1ccc2c(c1)CCC2. The maximum atomic E-state index is 9.12. The maximum absolute atomic E-state index is 9.12. The second kappa shape index (κ2) is 3.86. The zero-order valence-electron chi connectivity index (χ0n) is 9.42. The van der Waals surface area contributed by atoms with E-state index in [1.807, 2.05) is 19.9 Å². The van der Waals surface area contributed by atoms with Crippen molar-refractivity contribution in [1.29, 1.82) is 0 Å². The van der Waals surface area contributed by atoms with Crippen molar-refractivity contribution in [1.82, 2.24) is 0 Å². The number of aliphatic hydroxyl groups is 1. The first-order valence-corrected chi connectivity index (χ1v) is 5.52. The molecule has 0 atom stereocenters. The standard InChI is InChI=1S/C13H18O2/c1-13(2,9-14)15-12-7-6-10-4-3-5-11(10)8-12/h6-8,14H,3-5,9H2,1-2H3. The molecule has 1 aromatic rings. The molecule has 0 saturated carbocycles. The average Bonchev–Trinajstić information content (AvgIpc) is 2.64. The minimum Gasteiger partial charge on any atom is -0.485 e. The van der Waals surface area contributed by atoms with Crippen molar-refractivity contribution in [3.8, 4) is 5.75 Å². The maximum Gasteiger partial charge on any atom is 0.126 e. The van der Waals surface area contributed by atoms with Gasteiger partial charge in [-0.15, -0.1) is 0 Å². The van der Waals surface area contributed by atoms with Gasteiger partial charge in [-0.3, -0.25) is 0 Å². The Bertz CT molecular complexity index is 356. The number of rotatable bonds is 3. The molecule has 2 nitrogen and oxygen atoms in total. The number of aryl methyl sites for hydroxylation is 2.